The van der Waals surface area contributed by atoms with E-state index in [9.17, 15) is 9.59 Å². The summed E-state index contributed by atoms with van der Waals surface area (Å²) in [6.07, 6.45) is 0.327. The van der Waals surface area contributed by atoms with Crippen molar-refractivity contribution in [1.29, 1.82) is 0 Å². The predicted molar refractivity (Wildman–Crippen MR) is 46.3 cm³/mol. The van der Waals surface area contributed by atoms with Gasteiger partial charge >= 0.3 is 5.97 Å². The van der Waals surface area contributed by atoms with E-state index >= 15 is 0 Å². The van der Waals surface area contributed by atoms with Crippen LogP contribution in [0.4, 0.5) is 0 Å². The van der Waals surface area contributed by atoms with Crippen LogP contribution in [0.25, 0.3) is 0 Å². The van der Waals surface area contributed by atoms with E-state index in [4.69, 9.17) is 9.84 Å². The first-order valence-corrected chi connectivity index (χ1v) is 3.90. The molecule has 0 spiro atoms. The van der Waals surface area contributed by atoms with E-state index in [1.54, 1.807) is 13.8 Å². The molecule has 0 fully saturated rings. The lowest BCUT2D eigenvalue weighted by molar-refractivity contribution is -0.139. The maximum Gasteiger partial charge on any atom is 0.305 e. The Morgan fingerprint density at radius 1 is 1.69 bits per heavy atom. The van der Waals surface area contributed by atoms with Gasteiger partial charge in [-0.05, 0) is 13.8 Å². The van der Waals surface area contributed by atoms with Crippen molar-refractivity contribution in [2.45, 2.75) is 31.9 Å². The highest BCUT2D eigenvalue weighted by Gasteiger charge is 2.30. The van der Waals surface area contributed by atoms with Gasteiger partial charge < -0.3 is 15.2 Å². The van der Waals surface area contributed by atoms with Crippen LogP contribution in [0.2, 0.25) is 0 Å². The van der Waals surface area contributed by atoms with Crippen LogP contribution in [0.15, 0.2) is 0 Å². The summed E-state index contributed by atoms with van der Waals surface area (Å²) in [6.45, 7) is 3.44. The van der Waals surface area contributed by atoms with Crippen LogP contribution in [0, 0.1) is 0 Å². The number of methoxy groups -OCH3 is 1. The van der Waals surface area contributed by atoms with E-state index in [0.717, 1.165) is 0 Å². The lowest BCUT2D eigenvalue weighted by Gasteiger charge is -2.31. The quantitative estimate of drug-likeness (QED) is 0.577. The molecule has 0 aliphatic heterocycles. The lowest BCUT2D eigenvalue weighted by Crippen LogP contribution is -2.48. The van der Waals surface area contributed by atoms with Crippen LogP contribution >= 0.6 is 0 Å². The smallest absolute Gasteiger partial charge is 0.305 e. The first-order chi connectivity index (χ1) is 5.94. The number of aliphatic carboxylic acids is 1. The molecule has 0 aromatic heterocycles. The van der Waals surface area contributed by atoms with Crippen LogP contribution in [0.5, 0.6) is 0 Å². The number of ether oxygens (including phenoxy) is 1. The van der Waals surface area contributed by atoms with Gasteiger partial charge in [-0.25, -0.2) is 0 Å². The van der Waals surface area contributed by atoms with Gasteiger partial charge in [0, 0.05) is 7.11 Å². The number of hydrogen-bond donors (Lipinski definition) is 2. The third-order valence-electron chi connectivity index (χ3n) is 2.01. The lowest BCUT2D eigenvalue weighted by atomic mass is 9.96. The van der Waals surface area contributed by atoms with E-state index in [0.29, 0.717) is 6.41 Å². The predicted octanol–water partition coefficient (Wildman–Crippen LogP) is 0.000700. The second-order valence-electron chi connectivity index (χ2n) is 3.24. The van der Waals surface area contributed by atoms with Crippen molar-refractivity contribution in [2.75, 3.05) is 7.11 Å². The number of amides is 1. The first kappa shape index (κ1) is 11.9. The summed E-state index contributed by atoms with van der Waals surface area (Å²) in [5, 5.41) is 11.0. The van der Waals surface area contributed by atoms with Crippen molar-refractivity contribution in [2.24, 2.45) is 0 Å². The third-order valence-corrected chi connectivity index (χ3v) is 2.01. The standard InChI is InChI=1S/C8H15NO4/c1-8(2,13-3)6(9-5-10)4-7(11)12/h5-6H,4H2,1-3H3,(H,9,10)(H,11,12). The van der Waals surface area contributed by atoms with Crippen LogP contribution in [0.3, 0.4) is 0 Å². The third kappa shape index (κ3) is 3.89. The number of hydrogen-bond acceptors (Lipinski definition) is 3. The van der Waals surface area contributed by atoms with Crippen molar-refractivity contribution >= 4 is 12.4 Å². The summed E-state index contributed by atoms with van der Waals surface area (Å²) in [5.41, 5.74) is -0.681. The van der Waals surface area contributed by atoms with E-state index in [2.05, 4.69) is 5.32 Å². The van der Waals surface area contributed by atoms with Gasteiger partial charge in [0.15, 0.2) is 0 Å². The molecule has 0 aliphatic carbocycles. The van der Waals surface area contributed by atoms with Crippen molar-refractivity contribution < 1.29 is 19.4 Å². The molecule has 0 aromatic rings. The molecule has 0 radical (unpaired) electrons. The van der Waals surface area contributed by atoms with Crippen molar-refractivity contribution in [3.05, 3.63) is 0 Å². The molecule has 0 saturated heterocycles. The molecule has 0 rings (SSSR count). The number of carbonyl (C=O) groups excluding carboxylic acids is 1. The average Bonchev–Trinajstić information content (AvgIpc) is 2.03. The number of rotatable bonds is 6. The van der Waals surface area contributed by atoms with Gasteiger partial charge in [0.1, 0.15) is 0 Å². The number of carboxylic acids is 1. The average molecular weight is 189 g/mol. The van der Waals surface area contributed by atoms with E-state index in [1.807, 2.05) is 0 Å². The minimum atomic E-state index is -0.968. The molecule has 0 bridgehead atoms. The monoisotopic (exact) mass is 189 g/mol. The fourth-order valence-electron chi connectivity index (χ4n) is 0.904. The number of carboxylic acid groups (broad SMARTS) is 1. The SMILES string of the molecule is COC(C)(C)C(CC(=O)O)NC=O. The fraction of sp³-hybridized carbons (Fsp3) is 0.750. The van der Waals surface area contributed by atoms with Crippen molar-refractivity contribution in [3.63, 3.8) is 0 Å². The summed E-state index contributed by atoms with van der Waals surface area (Å²) in [7, 11) is 1.47. The molecule has 5 heteroatoms. The Morgan fingerprint density at radius 2 is 2.23 bits per heavy atom. The Morgan fingerprint density at radius 3 is 2.54 bits per heavy atom. The zero-order chi connectivity index (χ0) is 10.5. The van der Waals surface area contributed by atoms with Gasteiger partial charge in [-0.15, -0.1) is 0 Å². The zero-order valence-electron chi connectivity index (χ0n) is 8.03. The highest BCUT2D eigenvalue weighted by atomic mass is 16.5. The van der Waals surface area contributed by atoms with Gasteiger partial charge in [0.2, 0.25) is 6.41 Å². The van der Waals surface area contributed by atoms with Crippen LogP contribution in [-0.4, -0.2) is 36.2 Å². The summed E-state index contributed by atoms with van der Waals surface area (Å²) in [4.78, 5) is 20.6. The highest BCUT2D eigenvalue weighted by molar-refractivity contribution is 5.68. The van der Waals surface area contributed by atoms with E-state index < -0.39 is 17.6 Å². The molecular weight excluding hydrogens is 174 g/mol. The molecule has 0 saturated carbocycles. The summed E-state index contributed by atoms with van der Waals surface area (Å²) < 4.78 is 5.07. The molecule has 13 heavy (non-hydrogen) atoms. The minimum Gasteiger partial charge on any atom is -0.481 e. The van der Waals surface area contributed by atoms with Crippen molar-refractivity contribution in [3.8, 4) is 0 Å². The Hall–Kier alpha value is -1.10. The highest BCUT2D eigenvalue weighted by Crippen LogP contribution is 2.16. The summed E-state index contributed by atoms with van der Waals surface area (Å²) >= 11 is 0. The van der Waals surface area contributed by atoms with Crippen LogP contribution in [-0.2, 0) is 14.3 Å². The van der Waals surface area contributed by atoms with Gasteiger partial charge in [-0.1, -0.05) is 0 Å². The maximum absolute atomic E-state index is 10.4. The Bertz CT molecular complexity index is 191. The van der Waals surface area contributed by atoms with E-state index in [1.165, 1.54) is 7.11 Å². The largest absolute Gasteiger partial charge is 0.481 e. The van der Waals surface area contributed by atoms with Gasteiger partial charge in [0.05, 0.1) is 18.1 Å². The van der Waals surface area contributed by atoms with Gasteiger partial charge in [-0.3, -0.25) is 9.59 Å². The van der Waals surface area contributed by atoms with E-state index in [-0.39, 0.29) is 6.42 Å². The normalized spacial score (nSPS) is 13.5. The Kier molecular flexibility index (Phi) is 4.40. The molecule has 76 valence electrons. The summed E-state index contributed by atoms with van der Waals surface area (Å²) in [5.74, 6) is -0.968. The molecule has 0 aliphatic rings. The minimum absolute atomic E-state index is 0.153. The second-order valence-corrected chi connectivity index (χ2v) is 3.24. The molecule has 0 aromatic carbocycles. The Balaban J connectivity index is 4.39. The molecular formula is C8H15NO4. The second kappa shape index (κ2) is 4.81. The molecule has 1 atom stereocenters. The molecule has 2 N–H and O–H groups in total. The molecule has 5 nitrogen and oxygen atoms in total. The first-order valence-electron chi connectivity index (χ1n) is 3.90. The number of nitrogens with one attached hydrogen (secondary N) is 1. The van der Waals surface area contributed by atoms with Gasteiger partial charge in [0.25, 0.3) is 0 Å². The summed E-state index contributed by atoms with van der Waals surface area (Å²) in [6, 6.07) is -0.521. The topological polar surface area (TPSA) is 75.6 Å². The van der Waals surface area contributed by atoms with Crippen molar-refractivity contribution in [1.82, 2.24) is 5.32 Å². The van der Waals surface area contributed by atoms with Crippen LogP contribution < -0.4 is 5.32 Å². The van der Waals surface area contributed by atoms with Gasteiger partial charge in [-0.2, -0.15) is 0 Å². The fourth-order valence-corrected chi connectivity index (χ4v) is 0.904. The number of carbonyl (C=O) groups is 2. The molecule has 0 heterocycles. The zero-order valence-corrected chi connectivity index (χ0v) is 8.03. The maximum atomic E-state index is 10.4. The van der Waals surface area contributed by atoms with Crippen LogP contribution in [0.1, 0.15) is 20.3 Å². The Labute approximate surface area is 77.1 Å². The molecule has 1 amide bonds. The molecule has 1 unspecified atom stereocenters.